The number of unbranched alkanes of at least 4 members (excludes halogenated alkanes) is 12. The Morgan fingerprint density at radius 1 is 0.862 bits per heavy atom. The van der Waals surface area contributed by atoms with Crippen LogP contribution in [0.4, 0.5) is 0 Å². The van der Waals surface area contributed by atoms with Gasteiger partial charge in [-0.15, -0.1) is 0 Å². The highest BCUT2D eigenvalue weighted by Gasteiger charge is 2.07. The van der Waals surface area contributed by atoms with Crippen LogP contribution in [0, 0.1) is 0 Å². The van der Waals surface area contributed by atoms with Crippen molar-refractivity contribution < 1.29 is 16.8 Å². The van der Waals surface area contributed by atoms with Gasteiger partial charge in [0.25, 0.3) is 0 Å². The molecule has 0 aliphatic rings. The van der Waals surface area contributed by atoms with Gasteiger partial charge in [-0.25, -0.2) is 9.17 Å². The Kier molecular flexibility index (Phi) is 20.7. The van der Waals surface area contributed by atoms with Crippen molar-refractivity contribution in [2.45, 2.75) is 96.8 Å². The molecule has 0 aliphatic carbocycles. The van der Waals surface area contributed by atoms with Crippen molar-refractivity contribution in [3.8, 4) is 0 Å². The minimum absolute atomic E-state index is 0.220. The summed E-state index contributed by atoms with van der Waals surface area (Å²) >= 11 is 0. The smallest absolute Gasteiger partial charge is 0.351 e. The van der Waals surface area contributed by atoms with Gasteiger partial charge in [-0.1, -0.05) is 76.9 Å². The van der Waals surface area contributed by atoms with Crippen LogP contribution in [0.1, 0.15) is 96.8 Å². The molecule has 6 nitrogen and oxygen atoms in total. The number of hydrogen-bond acceptors (Lipinski definition) is 5. The summed E-state index contributed by atoms with van der Waals surface area (Å²) in [4.78, 5) is 6.42. The van der Waals surface area contributed by atoms with Gasteiger partial charge in [-0.3, -0.25) is 4.18 Å². The molecule has 0 aliphatic heterocycles. The van der Waals surface area contributed by atoms with Crippen molar-refractivity contribution in [1.29, 1.82) is 0 Å². The lowest BCUT2D eigenvalue weighted by Gasteiger charge is -2.03. The van der Waals surface area contributed by atoms with Gasteiger partial charge >= 0.3 is 10.4 Å². The van der Waals surface area contributed by atoms with E-state index in [0.29, 0.717) is 0 Å². The zero-order valence-corrected chi connectivity index (χ0v) is 19.3. The molecule has 7 heteroatoms. The van der Waals surface area contributed by atoms with Crippen LogP contribution in [0.2, 0.25) is 0 Å². The van der Waals surface area contributed by atoms with Crippen molar-refractivity contribution >= 4 is 10.4 Å². The van der Waals surface area contributed by atoms with Crippen LogP contribution in [0.3, 0.4) is 0 Å². The summed E-state index contributed by atoms with van der Waals surface area (Å²) in [5.74, 6) is 0. The van der Waals surface area contributed by atoms with Crippen molar-refractivity contribution in [2.75, 3.05) is 13.7 Å². The lowest BCUT2D eigenvalue weighted by molar-refractivity contribution is 0.238. The van der Waals surface area contributed by atoms with E-state index in [2.05, 4.69) is 37.4 Å². The molecule has 1 rings (SSSR count). The fourth-order valence-corrected chi connectivity index (χ4v) is 3.19. The molecule has 0 radical (unpaired) electrons. The Morgan fingerprint density at radius 2 is 1.41 bits per heavy atom. The van der Waals surface area contributed by atoms with Crippen LogP contribution in [0.5, 0.6) is 0 Å². The normalized spacial score (nSPS) is 11.5. The van der Waals surface area contributed by atoms with E-state index in [-0.39, 0.29) is 6.61 Å². The quantitative estimate of drug-likeness (QED) is 0.217. The summed E-state index contributed by atoms with van der Waals surface area (Å²) in [5.41, 5.74) is 0. The molecule has 0 atom stereocenters. The summed E-state index contributed by atoms with van der Waals surface area (Å²) in [7, 11) is -2.64. The van der Waals surface area contributed by atoms with Gasteiger partial charge in [-0.05, 0) is 32.1 Å². The van der Waals surface area contributed by atoms with Crippen LogP contribution in [-0.4, -0.2) is 32.1 Å². The number of nitrogens with zero attached hydrogens (tertiary/aromatic N) is 1. The zero-order valence-electron chi connectivity index (χ0n) is 18.5. The fraction of sp³-hybridized carbons (Fsp3) is 0.773. The van der Waals surface area contributed by atoms with E-state index in [4.69, 9.17) is 0 Å². The summed E-state index contributed by atoms with van der Waals surface area (Å²) < 4.78 is 30.7. The first-order valence-electron chi connectivity index (χ1n) is 11.1. The third kappa shape index (κ3) is 23.0. The standard InChI is InChI=1S/C19H38O4S.C3H4N2/c1-3-4-5-6-7-8-9-10-11-12-13-14-15-16-17-18-19-23-24(20,21)22-2;1-2-5-3-4-1/h10-11H,3-9,12-19H2,1-2H3;1-3H,(H,4,5)/b11-10-;. The third-order valence-corrected chi connectivity index (χ3v) is 5.36. The molecule has 0 fully saturated rings. The maximum atomic E-state index is 10.9. The molecule has 170 valence electrons. The monoisotopic (exact) mass is 430 g/mol. The van der Waals surface area contributed by atoms with Crippen LogP contribution < -0.4 is 0 Å². The average molecular weight is 431 g/mol. The number of H-pyrrole nitrogens is 1. The molecule has 1 aromatic heterocycles. The number of aromatic nitrogens is 2. The number of aromatic amines is 1. The molecule has 0 aromatic carbocycles. The molecule has 1 N–H and O–H groups in total. The van der Waals surface area contributed by atoms with E-state index >= 15 is 0 Å². The SMILES string of the molecule is CCCCCCCC/C=C\CCCCCCCCOS(=O)(=O)OC.c1c[nH]cn1. The maximum Gasteiger partial charge on any atom is 0.399 e. The Bertz CT molecular complexity index is 528. The van der Waals surface area contributed by atoms with Crippen LogP contribution >= 0.6 is 0 Å². The first kappa shape index (κ1) is 27.8. The van der Waals surface area contributed by atoms with Gasteiger partial charge in [0.2, 0.25) is 0 Å². The van der Waals surface area contributed by atoms with E-state index < -0.39 is 10.4 Å². The number of rotatable bonds is 18. The average Bonchev–Trinajstić information content (AvgIpc) is 3.30. The van der Waals surface area contributed by atoms with Crippen molar-refractivity contribution in [1.82, 2.24) is 9.97 Å². The molecule has 1 aromatic rings. The third-order valence-electron chi connectivity index (χ3n) is 4.49. The largest absolute Gasteiger partial charge is 0.399 e. The fourth-order valence-electron chi connectivity index (χ4n) is 2.77. The molecular formula is C22H42N2O4S. The van der Waals surface area contributed by atoms with Gasteiger partial charge in [0.1, 0.15) is 0 Å². The second-order valence-electron chi connectivity index (χ2n) is 7.10. The molecule has 0 spiro atoms. The van der Waals surface area contributed by atoms with E-state index in [1.807, 2.05) is 0 Å². The van der Waals surface area contributed by atoms with E-state index in [1.54, 1.807) is 18.7 Å². The van der Waals surface area contributed by atoms with Crippen molar-refractivity contribution in [2.24, 2.45) is 0 Å². The van der Waals surface area contributed by atoms with Crippen LogP contribution in [0.25, 0.3) is 0 Å². The van der Waals surface area contributed by atoms with Crippen molar-refractivity contribution in [3.63, 3.8) is 0 Å². The van der Waals surface area contributed by atoms with Crippen LogP contribution in [0.15, 0.2) is 30.9 Å². The predicted octanol–water partition coefficient (Wildman–Crippen LogP) is 6.34. The molecule has 0 saturated heterocycles. The first-order valence-corrected chi connectivity index (χ1v) is 12.5. The van der Waals surface area contributed by atoms with Crippen molar-refractivity contribution in [3.05, 3.63) is 30.9 Å². The number of hydrogen-bond donors (Lipinski definition) is 1. The Morgan fingerprint density at radius 3 is 1.86 bits per heavy atom. The molecule has 0 unspecified atom stereocenters. The molecule has 0 saturated carbocycles. The predicted molar refractivity (Wildman–Crippen MR) is 120 cm³/mol. The number of allylic oxidation sites excluding steroid dienone is 2. The molecule has 0 amide bonds. The highest BCUT2D eigenvalue weighted by atomic mass is 32.3. The van der Waals surface area contributed by atoms with E-state index in [1.165, 1.54) is 70.6 Å². The summed E-state index contributed by atoms with van der Waals surface area (Å²) in [6.07, 6.45) is 27.0. The van der Waals surface area contributed by atoms with Gasteiger partial charge in [0, 0.05) is 12.4 Å². The summed E-state index contributed by atoms with van der Waals surface area (Å²) in [6.45, 7) is 2.48. The second kappa shape index (κ2) is 21.5. The topological polar surface area (TPSA) is 81.3 Å². The zero-order chi connectivity index (χ0) is 21.5. The molecule has 29 heavy (non-hydrogen) atoms. The summed E-state index contributed by atoms with van der Waals surface area (Å²) in [6, 6.07) is 0. The molecule has 1 heterocycles. The van der Waals surface area contributed by atoms with Crippen LogP contribution in [-0.2, 0) is 18.8 Å². The van der Waals surface area contributed by atoms with Gasteiger partial charge in [0.15, 0.2) is 0 Å². The Hall–Kier alpha value is -1.18. The van der Waals surface area contributed by atoms with E-state index in [9.17, 15) is 8.42 Å². The molecule has 0 bridgehead atoms. The number of nitrogens with one attached hydrogen (secondary N) is 1. The second-order valence-corrected chi connectivity index (χ2v) is 8.48. The minimum Gasteiger partial charge on any atom is -0.351 e. The highest BCUT2D eigenvalue weighted by Crippen LogP contribution is 2.10. The van der Waals surface area contributed by atoms with Gasteiger partial charge in [0.05, 0.1) is 20.0 Å². The van der Waals surface area contributed by atoms with E-state index in [0.717, 1.165) is 26.4 Å². The summed E-state index contributed by atoms with van der Waals surface area (Å²) in [5, 5.41) is 0. The number of imidazole rings is 1. The Balaban J connectivity index is 0.00000135. The lowest BCUT2D eigenvalue weighted by atomic mass is 10.1. The first-order chi connectivity index (χ1) is 14.1. The molecular weight excluding hydrogens is 388 g/mol. The minimum atomic E-state index is -3.75. The highest BCUT2D eigenvalue weighted by molar-refractivity contribution is 7.81. The maximum absolute atomic E-state index is 10.9. The Labute approximate surface area is 178 Å². The lowest BCUT2D eigenvalue weighted by Crippen LogP contribution is -2.08. The van der Waals surface area contributed by atoms with Gasteiger partial charge < -0.3 is 4.98 Å². The van der Waals surface area contributed by atoms with Gasteiger partial charge in [-0.2, -0.15) is 8.42 Å².